The fourth-order valence-electron chi connectivity index (χ4n) is 2.53. The lowest BCUT2D eigenvalue weighted by Gasteiger charge is -2.04. The van der Waals surface area contributed by atoms with Gasteiger partial charge in [-0.3, -0.25) is 14.6 Å². The summed E-state index contributed by atoms with van der Waals surface area (Å²) >= 11 is 0. The Labute approximate surface area is 136 Å². The highest BCUT2D eigenvalue weighted by atomic mass is 19.3. The molecule has 1 aliphatic rings. The van der Waals surface area contributed by atoms with Gasteiger partial charge < -0.3 is 14.8 Å². The molecule has 0 saturated carbocycles. The van der Waals surface area contributed by atoms with Crippen LogP contribution in [0.25, 0.3) is 0 Å². The molecule has 2 N–H and O–H groups in total. The molecule has 2 aromatic rings. The Morgan fingerprint density at radius 2 is 2.42 bits per heavy atom. The van der Waals surface area contributed by atoms with Crippen LogP contribution in [0.3, 0.4) is 0 Å². The van der Waals surface area contributed by atoms with E-state index in [1.165, 1.54) is 10.7 Å². The summed E-state index contributed by atoms with van der Waals surface area (Å²) in [5, 5.41) is 13.5. The Hall–Kier alpha value is -2.33. The summed E-state index contributed by atoms with van der Waals surface area (Å²) in [4.78, 5) is 12.3. The molecular formula is C14H17F2N5O3. The van der Waals surface area contributed by atoms with Crippen LogP contribution in [0.2, 0.25) is 0 Å². The standard InChI is InChI=1S/C14H17F2N5O3/c1-21-10(5-8(20-21)7-24-14(15)16)13(22)17-12-6-9(18-19-12)11-3-2-4-23-11/h5-6,11,14H,2-4,7H2,1H3,(H2,17,18,19,22)/t11-/m1/s1. The van der Waals surface area contributed by atoms with Gasteiger partial charge in [0.2, 0.25) is 0 Å². The van der Waals surface area contributed by atoms with E-state index in [1.54, 1.807) is 13.1 Å². The second kappa shape index (κ2) is 7.05. The van der Waals surface area contributed by atoms with Crippen molar-refractivity contribution in [1.29, 1.82) is 0 Å². The highest BCUT2D eigenvalue weighted by Gasteiger charge is 2.21. The number of hydrogen-bond donors (Lipinski definition) is 2. The zero-order chi connectivity index (χ0) is 17.1. The number of anilines is 1. The van der Waals surface area contributed by atoms with Crippen LogP contribution in [0.5, 0.6) is 0 Å². The van der Waals surface area contributed by atoms with Gasteiger partial charge in [0, 0.05) is 19.7 Å². The van der Waals surface area contributed by atoms with Gasteiger partial charge in [0.1, 0.15) is 5.69 Å². The van der Waals surface area contributed by atoms with Crippen LogP contribution < -0.4 is 5.32 Å². The minimum absolute atomic E-state index is 0.0297. The van der Waals surface area contributed by atoms with Crippen molar-refractivity contribution >= 4 is 11.7 Å². The predicted molar refractivity (Wildman–Crippen MR) is 78.5 cm³/mol. The molecule has 8 nitrogen and oxygen atoms in total. The number of aromatic amines is 1. The quantitative estimate of drug-likeness (QED) is 0.838. The number of H-pyrrole nitrogens is 1. The van der Waals surface area contributed by atoms with Crippen molar-refractivity contribution in [2.75, 3.05) is 11.9 Å². The van der Waals surface area contributed by atoms with Gasteiger partial charge in [-0.2, -0.15) is 19.0 Å². The number of hydrogen-bond acceptors (Lipinski definition) is 5. The number of aryl methyl sites for hydroxylation is 1. The van der Waals surface area contributed by atoms with Crippen LogP contribution in [-0.2, 0) is 23.1 Å². The van der Waals surface area contributed by atoms with Crippen LogP contribution >= 0.6 is 0 Å². The Morgan fingerprint density at radius 3 is 3.12 bits per heavy atom. The third kappa shape index (κ3) is 3.77. The molecule has 3 heterocycles. The van der Waals surface area contributed by atoms with Crippen molar-refractivity contribution in [1.82, 2.24) is 20.0 Å². The van der Waals surface area contributed by atoms with Crippen molar-refractivity contribution in [2.45, 2.75) is 32.2 Å². The molecule has 1 atom stereocenters. The molecule has 10 heteroatoms. The van der Waals surface area contributed by atoms with E-state index in [0.29, 0.717) is 12.4 Å². The molecule has 0 aromatic carbocycles. The molecule has 1 aliphatic heterocycles. The number of carbonyl (C=O) groups excluding carboxylic acids is 1. The lowest BCUT2D eigenvalue weighted by Crippen LogP contribution is -2.16. The molecule has 0 spiro atoms. The molecule has 0 aliphatic carbocycles. The number of halogens is 2. The second-order valence-electron chi connectivity index (χ2n) is 5.38. The number of ether oxygens (including phenoxy) is 2. The summed E-state index contributed by atoms with van der Waals surface area (Å²) in [6, 6.07) is 3.11. The fraction of sp³-hybridized carbons (Fsp3) is 0.500. The largest absolute Gasteiger partial charge is 0.372 e. The SMILES string of the molecule is Cn1nc(COC(F)F)cc1C(=O)Nc1cc([C@H]2CCCO2)[nH]n1. The van der Waals surface area contributed by atoms with Gasteiger partial charge in [-0.1, -0.05) is 0 Å². The van der Waals surface area contributed by atoms with Crippen molar-refractivity contribution in [2.24, 2.45) is 7.05 Å². The Balaban J connectivity index is 1.64. The highest BCUT2D eigenvalue weighted by molar-refractivity contribution is 6.02. The van der Waals surface area contributed by atoms with E-state index in [1.807, 2.05) is 0 Å². The molecule has 0 bridgehead atoms. The molecule has 0 unspecified atom stereocenters. The number of nitrogens with one attached hydrogen (secondary N) is 2. The van der Waals surface area contributed by atoms with Crippen LogP contribution in [0, 0.1) is 0 Å². The lowest BCUT2D eigenvalue weighted by atomic mass is 10.2. The number of rotatable bonds is 6. The molecule has 1 fully saturated rings. The van der Waals surface area contributed by atoms with Gasteiger partial charge in [0.15, 0.2) is 5.82 Å². The van der Waals surface area contributed by atoms with E-state index in [0.717, 1.165) is 18.5 Å². The Kier molecular flexibility index (Phi) is 4.86. The molecule has 1 saturated heterocycles. The van der Waals surface area contributed by atoms with Crippen molar-refractivity contribution in [3.05, 3.63) is 29.2 Å². The average molecular weight is 341 g/mol. The summed E-state index contributed by atoms with van der Waals surface area (Å²) in [5.41, 5.74) is 1.26. The summed E-state index contributed by atoms with van der Waals surface area (Å²) < 4.78 is 35.1. The molecule has 0 radical (unpaired) electrons. The Morgan fingerprint density at radius 1 is 1.58 bits per heavy atom. The first-order valence-electron chi connectivity index (χ1n) is 7.44. The van der Waals surface area contributed by atoms with Gasteiger partial charge in [-0.05, 0) is 18.9 Å². The highest BCUT2D eigenvalue weighted by Crippen LogP contribution is 2.28. The summed E-state index contributed by atoms with van der Waals surface area (Å²) in [7, 11) is 1.54. The van der Waals surface area contributed by atoms with Gasteiger partial charge in [-0.25, -0.2) is 0 Å². The van der Waals surface area contributed by atoms with Gasteiger partial charge in [0.05, 0.1) is 24.1 Å². The van der Waals surface area contributed by atoms with Crippen LogP contribution in [-0.4, -0.2) is 39.1 Å². The maximum atomic E-state index is 12.3. The smallest absolute Gasteiger partial charge is 0.345 e. The van der Waals surface area contributed by atoms with Crippen molar-refractivity contribution < 1.29 is 23.0 Å². The number of alkyl halides is 2. The third-order valence-corrected chi connectivity index (χ3v) is 3.64. The van der Waals surface area contributed by atoms with E-state index in [4.69, 9.17) is 4.74 Å². The fourth-order valence-corrected chi connectivity index (χ4v) is 2.53. The summed E-state index contributed by atoms with van der Waals surface area (Å²) in [5.74, 6) is -0.0873. The monoisotopic (exact) mass is 341 g/mol. The van der Waals surface area contributed by atoms with Crippen molar-refractivity contribution in [3.8, 4) is 0 Å². The topological polar surface area (TPSA) is 94.1 Å². The maximum Gasteiger partial charge on any atom is 0.345 e. The first kappa shape index (κ1) is 16.5. The molecule has 130 valence electrons. The molecule has 1 amide bonds. The van der Waals surface area contributed by atoms with Crippen LogP contribution in [0.4, 0.5) is 14.6 Å². The first-order chi connectivity index (χ1) is 11.5. The predicted octanol–water partition coefficient (Wildman–Crippen LogP) is 1.99. The molecule has 2 aromatic heterocycles. The van der Waals surface area contributed by atoms with E-state index >= 15 is 0 Å². The third-order valence-electron chi connectivity index (χ3n) is 3.64. The Bertz CT molecular complexity index is 709. The van der Waals surface area contributed by atoms with Crippen LogP contribution in [0.15, 0.2) is 12.1 Å². The van der Waals surface area contributed by atoms with E-state index in [-0.39, 0.29) is 24.1 Å². The number of aromatic nitrogens is 4. The second-order valence-corrected chi connectivity index (χ2v) is 5.38. The maximum absolute atomic E-state index is 12.3. The normalized spacial score (nSPS) is 17.6. The summed E-state index contributed by atoms with van der Waals surface area (Å²) in [6.45, 7) is -2.54. The lowest BCUT2D eigenvalue weighted by molar-refractivity contribution is -0.138. The zero-order valence-corrected chi connectivity index (χ0v) is 13.0. The van der Waals surface area contributed by atoms with E-state index in [9.17, 15) is 13.6 Å². The van der Waals surface area contributed by atoms with Crippen molar-refractivity contribution in [3.63, 3.8) is 0 Å². The van der Waals surface area contributed by atoms with E-state index in [2.05, 4.69) is 25.3 Å². The minimum atomic E-state index is -2.88. The molecule has 3 rings (SSSR count). The van der Waals surface area contributed by atoms with Gasteiger partial charge >= 0.3 is 6.61 Å². The number of carbonyl (C=O) groups is 1. The van der Waals surface area contributed by atoms with E-state index < -0.39 is 12.5 Å². The van der Waals surface area contributed by atoms with Crippen LogP contribution in [0.1, 0.15) is 40.8 Å². The zero-order valence-electron chi connectivity index (χ0n) is 13.0. The first-order valence-corrected chi connectivity index (χ1v) is 7.44. The van der Waals surface area contributed by atoms with Gasteiger partial charge in [-0.15, -0.1) is 0 Å². The average Bonchev–Trinajstić information content (AvgIpc) is 3.24. The van der Waals surface area contributed by atoms with Gasteiger partial charge in [0.25, 0.3) is 5.91 Å². The number of amides is 1. The minimum Gasteiger partial charge on any atom is -0.372 e. The molecular weight excluding hydrogens is 324 g/mol. The summed E-state index contributed by atoms with van der Waals surface area (Å²) in [6.07, 6.45) is 1.87. The molecule has 24 heavy (non-hydrogen) atoms. The number of nitrogens with zero attached hydrogens (tertiary/aromatic N) is 3.